The molecule has 3 fully saturated rings. The molecule has 3 saturated carbocycles. The van der Waals surface area contributed by atoms with Crippen LogP contribution >= 0.6 is 0 Å². The summed E-state index contributed by atoms with van der Waals surface area (Å²) in [5, 5.41) is 3.69. The van der Waals surface area contributed by atoms with Crippen LogP contribution in [0.2, 0.25) is 0 Å². The maximum absolute atomic E-state index is 3.69. The molecule has 1 N–H and O–H groups in total. The van der Waals surface area contributed by atoms with Crippen molar-refractivity contribution < 1.29 is 0 Å². The first-order valence-electron chi connectivity index (χ1n) is 6.05. The highest BCUT2D eigenvalue weighted by Gasteiger charge is 2.58. The molecule has 1 spiro atoms. The van der Waals surface area contributed by atoms with Crippen molar-refractivity contribution in [1.82, 2.24) is 5.32 Å². The van der Waals surface area contributed by atoms with E-state index >= 15 is 0 Å². The molecule has 13 heavy (non-hydrogen) atoms. The Labute approximate surface area is 81.3 Å². The van der Waals surface area contributed by atoms with Crippen molar-refractivity contribution in [2.24, 2.45) is 17.3 Å². The predicted molar refractivity (Wildman–Crippen MR) is 54.6 cm³/mol. The van der Waals surface area contributed by atoms with Crippen LogP contribution in [0.4, 0.5) is 0 Å². The Kier molecular flexibility index (Phi) is 1.74. The van der Waals surface area contributed by atoms with Crippen molar-refractivity contribution in [3.05, 3.63) is 0 Å². The van der Waals surface area contributed by atoms with Crippen LogP contribution in [-0.4, -0.2) is 12.6 Å². The van der Waals surface area contributed by atoms with E-state index in [0.717, 1.165) is 23.3 Å². The number of hydrogen-bond acceptors (Lipinski definition) is 1. The second-order valence-corrected chi connectivity index (χ2v) is 5.61. The SMILES string of the molecule is CC1CCCC12CC2CNC1CC1. The summed E-state index contributed by atoms with van der Waals surface area (Å²) in [5.41, 5.74) is 0.821. The highest BCUT2D eigenvalue weighted by atomic mass is 15.0. The highest BCUT2D eigenvalue weighted by molar-refractivity contribution is 5.08. The van der Waals surface area contributed by atoms with Crippen LogP contribution in [0, 0.1) is 17.3 Å². The van der Waals surface area contributed by atoms with E-state index < -0.39 is 0 Å². The van der Waals surface area contributed by atoms with Gasteiger partial charge >= 0.3 is 0 Å². The first-order chi connectivity index (χ1) is 6.31. The minimum absolute atomic E-state index is 0.821. The van der Waals surface area contributed by atoms with Gasteiger partial charge in [0.25, 0.3) is 0 Å². The molecule has 0 aromatic carbocycles. The normalized spacial score (nSPS) is 48.7. The lowest BCUT2D eigenvalue weighted by atomic mass is 9.92. The van der Waals surface area contributed by atoms with E-state index in [1.54, 1.807) is 0 Å². The van der Waals surface area contributed by atoms with Crippen LogP contribution in [-0.2, 0) is 0 Å². The molecule has 0 aromatic heterocycles. The zero-order valence-corrected chi connectivity index (χ0v) is 8.68. The second kappa shape index (κ2) is 2.73. The lowest BCUT2D eigenvalue weighted by Gasteiger charge is -2.15. The molecule has 3 atom stereocenters. The monoisotopic (exact) mass is 179 g/mol. The molecular formula is C12H21N. The zero-order chi connectivity index (χ0) is 8.89. The predicted octanol–water partition coefficient (Wildman–Crippen LogP) is 2.56. The molecule has 0 saturated heterocycles. The van der Waals surface area contributed by atoms with Crippen LogP contribution in [0.5, 0.6) is 0 Å². The van der Waals surface area contributed by atoms with Crippen LogP contribution < -0.4 is 5.32 Å². The fraction of sp³-hybridized carbons (Fsp3) is 1.00. The van der Waals surface area contributed by atoms with Gasteiger partial charge in [-0.25, -0.2) is 0 Å². The summed E-state index contributed by atoms with van der Waals surface area (Å²) in [5.74, 6) is 2.07. The van der Waals surface area contributed by atoms with E-state index in [-0.39, 0.29) is 0 Å². The van der Waals surface area contributed by atoms with E-state index in [4.69, 9.17) is 0 Å². The number of nitrogens with one attached hydrogen (secondary N) is 1. The van der Waals surface area contributed by atoms with E-state index in [9.17, 15) is 0 Å². The van der Waals surface area contributed by atoms with Gasteiger partial charge in [0.1, 0.15) is 0 Å². The molecule has 3 rings (SSSR count). The molecule has 0 amide bonds. The van der Waals surface area contributed by atoms with Crippen LogP contribution in [0.25, 0.3) is 0 Å². The van der Waals surface area contributed by atoms with Gasteiger partial charge in [-0.3, -0.25) is 0 Å². The van der Waals surface area contributed by atoms with E-state index in [1.807, 2.05) is 0 Å². The summed E-state index contributed by atoms with van der Waals surface area (Å²) in [4.78, 5) is 0. The molecule has 0 radical (unpaired) electrons. The van der Waals surface area contributed by atoms with Crippen LogP contribution in [0.3, 0.4) is 0 Å². The quantitative estimate of drug-likeness (QED) is 0.702. The Morgan fingerprint density at radius 1 is 1.31 bits per heavy atom. The third kappa shape index (κ3) is 1.32. The van der Waals surface area contributed by atoms with Gasteiger partial charge in [-0.2, -0.15) is 0 Å². The Morgan fingerprint density at radius 3 is 2.77 bits per heavy atom. The molecule has 3 aliphatic carbocycles. The Morgan fingerprint density at radius 2 is 2.15 bits per heavy atom. The lowest BCUT2D eigenvalue weighted by molar-refractivity contribution is 0.350. The smallest absolute Gasteiger partial charge is 0.00683 e. The van der Waals surface area contributed by atoms with Crippen molar-refractivity contribution >= 4 is 0 Å². The summed E-state index contributed by atoms with van der Waals surface area (Å²) in [7, 11) is 0. The maximum Gasteiger partial charge on any atom is 0.00683 e. The molecular weight excluding hydrogens is 158 g/mol. The standard InChI is InChI=1S/C12H21N/c1-9-3-2-6-12(9)7-10(12)8-13-11-4-5-11/h9-11,13H,2-8H2,1H3. The van der Waals surface area contributed by atoms with Gasteiger partial charge in [0.05, 0.1) is 0 Å². The average molecular weight is 179 g/mol. The molecule has 1 nitrogen and oxygen atoms in total. The fourth-order valence-electron chi connectivity index (χ4n) is 3.45. The van der Waals surface area contributed by atoms with E-state index in [1.165, 1.54) is 45.1 Å². The van der Waals surface area contributed by atoms with E-state index in [0.29, 0.717) is 0 Å². The van der Waals surface area contributed by atoms with Crippen molar-refractivity contribution in [3.8, 4) is 0 Å². The molecule has 1 heteroatoms. The van der Waals surface area contributed by atoms with Gasteiger partial charge < -0.3 is 5.32 Å². The summed E-state index contributed by atoms with van der Waals surface area (Å²) in [6.07, 6.45) is 8.95. The Hall–Kier alpha value is -0.0400. The minimum atomic E-state index is 0.821. The topological polar surface area (TPSA) is 12.0 Å². The van der Waals surface area contributed by atoms with Crippen molar-refractivity contribution in [2.75, 3.05) is 6.54 Å². The summed E-state index contributed by atoms with van der Waals surface area (Å²) in [6.45, 7) is 3.80. The minimum Gasteiger partial charge on any atom is -0.314 e. The molecule has 0 aliphatic heterocycles. The van der Waals surface area contributed by atoms with Gasteiger partial charge in [-0.15, -0.1) is 0 Å². The summed E-state index contributed by atoms with van der Waals surface area (Å²) in [6, 6.07) is 0.911. The second-order valence-electron chi connectivity index (χ2n) is 5.61. The molecule has 0 heterocycles. The van der Waals surface area contributed by atoms with Gasteiger partial charge in [-0.05, 0) is 49.5 Å². The van der Waals surface area contributed by atoms with Crippen molar-refractivity contribution in [1.29, 1.82) is 0 Å². The first-order valence-corrected chi connectivity index (χ1v) is 6.05. The summed E-state index contributed by atoms with van der Waals surface area (Å²) >= 11 is 0. The molecule has 0 aromatic rings. The Balaban J connectivity index is 1.52. The first kappa shape index (κ1) is 8.28. The fourth-order valence-corrected chi connectivity index (χ4v) is 3.45. The lowest BCUT2D eigenvalue weighted by Crippen LogP contribution is -2.22. The van der Waals surface area contributed by atoms with Gasteiger partial charge in [0, 0.05) is 6.04 Å². The van der Waals surface area contributed by atoms with E-state index in [2.05, 4.69) is 12.2 Å². The maximum atomic E-state index is 3.69. The molecule has 3 aliphatic rings. The van der Waals surface area contributed by atoms with Gasteiger partial charge in [-0.1, -0.05) is 19.8 Å². The van der Waals surface area contributed by atoms with Crippen molar-refractivity contribution in [3.63, 3.8) is 0 Å². The van der Waals surface area contributed by atoms with Crippen molar-refractivity contribution in [2.45, 2.75) is 51.5 Å². The molecule has 0 bridgehead atoms. The van der Waals surface area contributed by atoms with Gasteiger partial charge in [0.2, 0.25) is 0 Å². The Bertz CT molecular complexity index is 209. The van der Waals surface area contributed by atoms with Crippen LogP contribution in [0.1, 0.15) is 45.4 Å². The number of hydrogen-bond donors (Lipinski definition) is 1. The number of rotatable bonds is 3. The molecule has 3 unspecified atom stereocenters. The third-order valence-electron chi connectivity index (χ3n) is 4.77. The van der Waals surface area contributed by atoms with Gasteiger partial charge in [0.15, 0.2) is 0 Å². The largest absolute Gasteiger partial charge is 0.314 e. The molecule has 74 valence electrons. The average Bonchev–Trinajstić information content (AvgIpc) is 2.93. The zero-order valence-electron chi connectivity index (χ0n) is 8.68. The third-order valence-corrected chi connectivity index (χ3v) is 4.77. The summed E-state index contributed by atoms with van der Waals surface area (Å²) < 4.78 is 0. The highest BCUT2D eigenvalue weighted by Crippen LogP contribution is 2.65. The van der Waals surface area contributed by atoms with Crippen LogP contribution in [0.15, 0.2) is 0 Å².